The Balaban J connectivity index is 1.43. The molecule has 194 valence electrons. The first-order chi connectivity index (χ1) is 16.9. The van der Waals surface area contributed by atoms with Crippen molar-refractivity contribution in [2.45, 2.75) is 37.7 Å². The third-order valence-electron chi connectivity index (χ3n) is 5.55. The van der Waals surface area contributed by atoms with Crippen molar-refractivity contribution in [1.29, 1.82) is 0 Å². The zero-order valence-corrected chi connectivity index (χ0v) is 20.1. The van der Waals surface area contributed by atoms with E-state index >= 15 is 0 Å². The summed E-state index contributed by atoms with van der Waals surface area (Å²) >= 11 is 0.532. The van der Waals surface area contributed by atoms with Crippen molar-refractivity contribution in [3.05, 3.63) is 58.2 Å². The van der Waals surface area contributed by atoms with Gasteiger partial charge in [-0.05, 0) is 18.9 Å². The number of alkyl halides is 3. The summed E-state index contributed by atoms with van der Waals surface area (Å²) in [6.07, 6.45) is 2.07. The number of aliphatic hydroxyl groups excluding tert-OH is 1. The molecule has 1 aliphatic carbocycles. The van der Waals surface area contributed by atoms with Gasteiger partial charge >= 0.3 is 16.5 Å². The van der Waals surface area contributed by atoms with Gasteiger partial charge in [-0.3, -0.25) is 8.98 Å². The zero-order valence-electron chi connectivity index (χ0n) is 18.4. The highest BCUT2D eigenvalue weighted by Gasteiger charge is 2.35. The minimum atomic E-state index is -4.51. The number of carbonyl (C=O) groups excluding carboxylic acids is 1. The highest BCUT2D eigenvalue weighted by molar-refractivity contribution is 7.84. The van der Waals surface area contributed by atoms with E-state index in [1.807, 2.05) is 0 Å². The van der Waals surface area contributed by atoms with Crippen molar-refractivity contribution in [3.8, 4) is 0 Å². The van der Waals surface area contributed by atoms with Gasteiger partial charge in [-0.2, -0.15) is 21.6 Å². The van der Waals surface area contributed by atoms with E-state index in [0.717, 1.165) is 6.20 Å². The normalized spacial score (nSPS) is 20.5. The molecule has 3 unspecified atom stereocenters. The summed E-state index contributed by atoms with van der Waals surface area (Å²) in [4.78, 5) is 25.0. The molecule has 16 heteroatoms. The number of nitrogens with one attached hydrogen (secondary N) is 1. The number of ketones is 1. The summed E-state index contributed by atoms with van der Waals surface area (Å²) in [6, 6.07) is 1.21. The number of nitrogens with zero attached hydrogens (tertiary/aromatic N) is 4. The van der Waals surface area contributed by atoms with Crippen LogP contribution in [0.4, 0.5) is 19.0 Å². The van der Waals surface area contributed by atoms with Crippen molar-refractivity contribution in [2.24, 2.45) is 11.1 Å². The number of hydrogen-bond acceptors (Lipinski definition) is 10. The van der Waals surface area contributed by atoms with Crippen LogP contribution in [0.15, 0.2) is 37.2 Å². The molecule has 1 fully saturated rings. The minimum Gasteiger partial charge on any atom is -0.393 e. The summed E-state index contributed by atoms with van der Waals surface area (Å²) in [6.45, 7) is -0.162. The second-order valence-corrected chi connectivity index (χ2v) is 10.6. The number of halogens is 3. The van der Waals surface area contributed by atoms with Crippen LogP contribution in [0.2, 0.25) is 0 Å². The molecule has 0 aliphatic heterocycles. The first kappa shape index (κ1) is 26.2. The molecule has 4 rings (SSSR count). The molecule has 1 saturated carbocycles. The Hall–Kier alpha value is -2.92. The Morgan fingerprint density at radius 3 is 2.78 bits per heavy atom. The van der Waals surface area contributed by atoms with Gasteiger partial charge in [0.05, 0.1) is 24.8 Å². The molecular weight excluding hydrogens is 525 g/mol. The number of aromatic nitrogens is 4. The van der Waals surface area contributed by atoms with E-state index in [0.29, 0.717) is 22.6 Å². The maximum Gasteiger partial charge on any atom is 0.443 e. The molecule has 0 aromatic carbocycles. The average molecular weight is 547 g/mol. The lowest BCUT2D eigenvalue weighted by atomic mass is 10.1. The number of hydrogen-bond donors (Lipinski definition) is 3. The van der Waals surface area contributed by atoms with Crippen molar-refractivity contribution in [1.82, 2.24) is 19.5 Å². The summed E-state index contributed by atoms with van der Waals surface area (Å²) < 4.78 is 66.5. The minimum absolute atomic E-state index is 0.110. The lowest BCUT2D eigenvalue weighted by Crippen LogP contribution is -2.24. The zero-order chi connectivity index (χ0) is 26.1. The van der Waals surface area contributed by atoms with Crippen LogP contribution in [0.25, 0.3) is 0 Å². The molecule has 3 aromatic heterocycles. The molecule has 0 radical (unpaired) electrons. The lowest BCUT2D eigenvalue weighted by molar-refractivity contribution is -0.137. The molecule has 0 amide bonds. The van der Waals surface area contributed by atoms with E-state index in [9.17, 15) is 31.5 Å². The molecule has 0 bridgehead atoms. The number of thiazole rings is 1. The highest BCUT2D eigenvalue weighted by atomic mass is 32.2. The first-order valence-corrected chi connectivity index (χ1v) is 12.8. The molecule has 0 saturated heterocycles. The number of carbonyl (C=O) groups is 1. The number of nitrogens with two attached hydrogens (primary N) is 1. The van der Waals surface area contributed by atoms with Gasteiger partial charge in [0.1, 0.15) is 12.1 Å². The van der Waals surface area contributed by atoms with Crippen LogP contribution in [0.1, 0.15) is 38.6 Å². The van der Waals surface area contributed by atoms with Crippen LogP contribution in [0.5, 0.6) is 0 Å². The SMILES string of the molecule is NS(=O)(=O)OCC1CC(Nc2ncncc2C(=O)c2ccn(Cc3cnc(C(F)(F)F)s3)c2)CC1O. The smallest absolute Gasteiger partial charge is 0.393 e. The quantitative estimate of drug-likeness (QED) is 0.340. The average Bonchev–Trinajstić information content (AvgIpc) is 3.52. The second-order valence-electron chi connectivity index (χ2n) is 8.23. The largest absolute Gasteiger partial charge is 0.443 e. The fourth-order valence-corrected chi connectivity index (χ4v) is 5.06. The monoisotopic (exact) mass is 546 g/mol. The predicted molar refractivity (Wildman–Crippen MR) is 121 cm³/mol. The van der Waals surface area contributed by atoms with E-state index in [4.69, 9.17) is 5.14 Å². The van der Waals surface area contributed by atoms with Gasteiger partial charge in [0.15, 0.2) is 10.8 Å². The van der Waals surface area contributed by atoms with E-state index < -0.39 is 39.3 Å². The van der Waals surface area contributed by atoms with E-state index in [-0.39, 0.29) is 42.6 Å². The Morgan fingerprint density at radius 1 is 1.31 bits per heavy atom. The van der Waals surface area contributed by atoms with E-state index in [1.54, 1.807) is 10.8 Å². The summed E-state index contributed by atoms with van der Waals surface area (Å²) in [5.41, 5.74) is 0.436. The molecule has 0 spiro atoms. The van der Waals surface area contributed by atoms with E-state index in [1.165, 1.54) is 24.8 Å². The van der Waals surface area contributed by atoms with Crippen molar-refractivity contribution in [3.63, 3.8) is 0 Å². The van der Waals surface area contributed by atoms with Crippen LogP contribution < -0.4 is 10.5 Å². The number of rotatable bonds is 9. The Kier molecular flexibility index (Phi) is 7.42. The van der Waals surface area contributed by atoms with Crippen LogP contribution in [-0.2, 0) is 27.2 Å². The van der Waals surface area contributed by atoms with Crippen molar-refractivity contribution >= 4 is 33.2 Å². The summed E-state index contributed by atoms with van der Waals surface area (Å²) in [5, 5.41) is 17.2. The maximum absolute atomic E-state index is 13.1. The molecule has 11 nitrogen and oxygen atoms in total. The number of anilines is 1. The van der Waals surface area contributed by atoms with Gasteiger partial charge < -0.3 is 15.0 Å². The van der Waals surface area contributed by atoms with E-state index in [2.05, 4.69) is 24.5 Å². The molecule has 1 aliphatic rings. The predicted octanol–water partition coefficient (Wildman–Crippen LogP) is 1.80. The van der Waals surface area contributed by atoms with Gasteiger partial charge in [0.2, 0.25) is 0 Å². The van der Waals surface area contributed by atoms with Gasteiger partial charge in [-0.15, -0.1) is 11.3 Å². The van der Waals surface area contributed by atoms with Gasteiger partial charge in [0, 0.05) is 47.2 Å². The Labute approximate surface area is 207 Å². The van der Waals surface area contributed by atoms with Crippen LogP contribution >= 0.6 is 11.3 Å². The third-order valence-corrected chi connectivity index (χ3v) is 7.04. The molecule has 4 N–H and O–H groups in total. The molecular formula is C20H21F3N6O5S2. The highest BCUT2D eigenvalue weighted by Crippen LogP contribution is 2.33. The third kappa shape index (κ3) is 6.44. The van der Waals surface area contributed by atoms with Crippen LogP contribution in [-0.4, -0.2) is 57.6 Å². The summed E-state index contributed by atoms with van der Waals surface area (Å²) in [7, 11) is -4.14. The molecule has 3 atom stereocenters. The van der Waals surface area contributed by atoms with Crippen molar-refractivity contribution < 1.29 is 35.7 Å². The topological polar surface area (TPSA) is 162 Å². The Bertz CT molecular complexity index is 1340. The van der Waals surface area contributed by atoms with Gasteiger partial charge in [-0.25, -0.2) is 20.1 Å². The first-order valence-electron chi connectivity index (χ1n) is 10.5. The van der Waals surface area contributed by atoms with Crippen LogP contribution in [0, 0.1) is 5.92 Å². The lowest BCUT2D eigenvalue weighted by Gasteiger charge is -2.15. The number of aliphatic hydroxyl groups is 1. The second kappa shape index (κ2) is 10.2. The molecule has 3 heterocycles. The Morgan fingerprint density at radius 2 is 2.08 bits per heavy atom. The maximum atomic E-state index is 13.1. The van der Waals surface area contributed by atoms with Crippen molar-refractivity contribution in [2.75, 3.05) is 11.9 Å². The summed E-state index contributed by atoms with van der Waals surface area (Å²) in [5.74, 6) is -0.671. The standard InChI is InChI=1S/C20H21F3N6O5S2/c21-20(22,23)19-26-5-14(35-19)8-29-2-1-11(7-29)17(31)15-6-25-10-27-18(15)28-13-3-12(16(30)4-13)9-34-36(24,32)33/h1-2,5-7,10,12-13,16,30H,3-4,8-9H2,(H2,24,32,33)(H,25,27,28). The van der Waals surface area contributed by atoms with Crippen LogP contribution in [0.3, 0.4) is 0 Å². The molecule has 3 aromatic rings. The molecule has 36 heavy (non-hydrogen) atoms. The van der Waals surface area contributed by atoms with Gasteiger partial charge in [0.25, 0.3) is 0 Å². The fraction of sp³-hybridized carbons (Fsp3) is 0.400. The fourth-order valence-electron chi connectivity index (χ4n) is 3.91. The van der Waals surface area contributed by atoms with Gasteiger partial charge in [-0.1, -0.05) is 0 Å².